The van der Waals surface area contributed by atoms with E-state index in [1.165, 1.54) is 0 Å². The first-order chi connectivity index (χ1) is 9.65. The van der Waals surface area contributed by atoms with Gasteiger partial charge in [0.05, 0.1) is 6.10 Å². The van der Waals surface area contributed by atoms with E-state index in [9.17, 15) is 4.79 Å². The van der Waals surface area contributed by atoms with Gasteiger partial charge in [-0.15, -0.1) is 0 Å². The third-order valence-electron chi connectivity index (χ3n) is 4.08. The van der Waals surface area contributed by atoms with E-state index in [1.54, 1.807) is 0 Å². The fraction of sp³-hybridized carbons (Fsp3) is 0.933. The molecule has 0 aliphatic carbocycles. The van der Waals surface area contributed by atoms with Crippen molar-refractivity contribution < 1.29 is 9.53 Å². The van der Waals surface area contributed by atoms with Crippen molar-refractivity contribution in [1.29, 1.82) is 0 Å². The quantitative estimate of drug-likeness (QED) is 0.800. The molecule has 1 amide bonds. The van der Waals surface area contributed by atoms with Crippen molar-refractivity contribution in [2.24, 2.45) is 5.92 Å². The topological polar surface area (TPSA) is 44.8 Å². The average molecular weight is 283 g/mol. The van der Waals surface area contributed by atoms with E-state index in [2.05, 4.69) is 24.1 Å². The molecule has 2 aliphatic rings. The molecule has 0 spiro atoms. The van der Waals surface area contributed by atoms with E-state index in [0.29, 0.717) is 5.92 Å². The number of hydrogen-bond acceptors (Lipinski definition) is 4. The van der Waals surface area contributed by atoms with Gasteiger partial charge < -0.3 is 15.0 Å². The zero-order valence-electron chi connectivity index (χ0n) is 12.9. The number of nitrogens with one attached hydrogen (secondary N) is 1. The van der Waals surface area contributed by atoms with Crippen LogP contribution in [0.1, 0.15) is 26.7 Å². The summed E-state index contributed by atoms with van der Waals surface area (Å²) in [6.45, 7) is 11.6. The number of ether oxygens (including phenoxy) is 1. The summed E-state index contributed by atoms with van der Waals surface area (Å²) in [5, 5.41) is 3.31. The second-order valence-electron chi connectivity index (χ2n) is 6.34. The number of carbonyl (C=O) groups excluding carboxylic acids is 1. The molecule has 116 valence electrons. The molecular weight excluding hydrogens is 254 g/mol. The second kappa shape index (κ2) is 7.96. The van der Waals surface area contributed by atoms with Crippen LogP contribution in [0.2, 0.25) is 0 Å². The minimum absolute atomic E-state index is 0.160. The van der Waals surface area contributed by atoms with Crippen LogP contribution >= 0.6 is 0 Å². The lowest BCUT2D eigenvalue weighted by Crippen LogP contribution is -2.50. The number of hydrogen-bond donors (Lipinski definition) is 1. The second-order valence-corrected chi connectivity index (χ2v) is 6.34. The summed E-state index contributed by atoms with van der Waals surface area (Å²) in [6, 6.07) is 0. The molecule has 0 bridgehead atoms. The molecule has 0 aromatic rings. The van der Waals surface area contributed by atoms with E-state index in [1.807, 2.05) is 4.90 Å². The molecule has 2 saturated heterocycles. The Hall–Kier alpha value is -0.650. The Bertz CT molecular complexity index is 295. The van der Waals surface area contributed by atoms with Gasteiger partial charge in [0.15, 0.2) is 0 Å². The molecule has 20 heavy (non-hydrogen) atoms. The summed E-state index contributed by atoms with van der Waals surface area (Å²) in [6.07, 6.45) is 2.31. The molecule has 2 aliphatic heterocycles. The number of piperidine rings is 1. The Morgan fingerprint density at radius 3 is 2.45 bits per heavy atom. The predicted molar refractivity (Wildman–Crippen MR) is 79.7 cm³/mol. The summed E-state index contributed by atoms with van der Waals surface area (Å²) in [5.74, 6) is 0.855. The van der Waals surface area contributed by atoms with Crippen molar-refractivity contribution in [2.75, 3.05) is 52.4 Å². The van der Waals surface area contributed by atoms with Gasteiger partial charge in [-0.1, -0.05) is 13.8 Å². The maximum atomic E-state index is 12.1. The standard InChI is InChI=1S/C15H29N3O2/c1-13(2)11-17-7-9-18(10-8-17)15(19)12-20-14-3-5-16-6-4-14/h13-14,16H,3-12H2,1-2H3. The van der Waals surface area contributed by atoms with Crippen LogP contribution in [0.5, 0.6) is 0 Å². The Morgan fingerprint density at radius 1 is 1.20 bits per heavy atom. The predicted octanol–water partition coefficient (Wildman–Crippen LogP) is 0.555. The smallest absolute Gasteiger partial charge is 0.248 e. The zero-order chi connectivity index (χ0) is 14.4. The first-order valence-electron chi connectivity index (χ1n) is 7.97. The summed E-state index contributed by atoms with van der Waals surface area (Å²) < 4.78 is 5.74. The number of nitrogens with zero attached hydrogens (tertiary/aromatic N) is 2. The van der Waals surface area contributed by atoms with Crippen molar-refractivity contribution >= 4 is 5.91 Å². The average Bonchev–Trinajstić information content (AvgIpc) is 2.46. The molecule has 2 fully saturated rings. The maximum Gasteiger partial charge on any atom is 0.248 e. The number of piperazine rings is 1. The first-order valence-corrected chi connectivity index (χ1v) is 7.97. The normalized spacial score (nSPS) is 22.4. The van der Waals surface area contributed by atoms with E-state index >= 15 is 0 Å². The zero-order valence-corrected chi connectivity index (χ0v) is 12.9. The molecule has 0 unspecified atom stereocenters. The highest BCUT2D eigenvalue weighted by Gasteiger charge is 2.22. The van der Waals surface area contributed by atoms with E-state index < -0.39 is 0 Å². The van der Waals surface area contributed by atoms with Crippen molar-refractivity contribution in [1.82, 2.24) is 15.1 Å². The number of amides is 1. The van der Waals surface area contributed by atoms with Crippen LogP contribution in [-0.2, 0) is 9.53 Å². The van der Waals surface area contributed by atoms with Gasteiger partial charge in [0.1, 0.15) is 6.61 Å². The fourth-order valence-corrected chi connectivity index (χ4v) is 2.94. The van der Waals surface area contributed by atoms with Gasteiger partial charge in [0.2, 0.25) is 5.91 Å². The lowest BCUT2D eigenvalue weighted by Gasteiger charge is -2.35. The fourth-order valence-electron chi connectivity index (χ4n) is 2.94. The van der Waals surface area contributed by atoms with Gasteiger partial charge in [0, 0.05) is 32.7 Å². The molecule has 5 heteroatoms. The molecule has 0 aromatic carbocycles. The SMILES string of the molecule is CC(C)CN1CCN(C(=O)COC2CCNCC2)CC1. The van der Waals surface area contributed by atoms with Crippen molar-refractivity contribution in [3.05, 3.63) is 0 Å². The van der Waals surface area contributed by atoms with Gasteiger partial charge >= 0.3 is 0 Å². The molecule has 0 radical (unpaired) electrons. The molecule has 0 saturated carbocycles. The lowest BCUT2D eigenvalue weighted by atomic mass is 10.1. The van der Waals surface area contributed by atoms with E-state index in [0.717, 1.165) is 58.7 Å². The van der Waals surface area contributed by atoms with Gasteiger partial charge in [-0.25, -0.2) is 0 Å². The highest BCUT2D eigenvalue weighted by atomic mass is 16.5. The van der Waals surface area contributed by atoms with Gasteiger partial charge in [-0.3, -0.25) is 9.69 Å². The van der Waals surface area contributed by atoms with Crippen LogP contribution in [0.4, 0.5) is 0 Å². The summed E-state index contributed by atoms with van der Waals surface area (Å²) in [5.41, 5.74) is 0. The summed E-state index contributed by atoms with van der Waals surface area (Å²) >= 11 is 0. The van der Waals surface area contributed by atoms with Crippen molar-refractivity contribution in [3.63, 3.8) is 0 Å². The van der Waals surface area contributed by atoms with Crippen LogP contribution in [0.15, 0.2) is 0 Å². The largest absolute Gasteiger partial charge is 0.368 e. The van der Waals surface area contributed by atoms with E-state index in [-0.39, 0.29) is 18.6 Å². The highest BCUT2D eigenvalue weighted by Crippen LogP contribution is 2.09. The van der Waals surface area contributed by atoms with E-state index in [4.69, 9.17) is 4.74 Å². The van der Waals surface area contributed by atoms with Crippen LogP contribution in [0, 0.1) is 5.92 Å². The molecule has 1 N–H and O–H groups in total. The molecule has 2 heterocycles. The Balaban J connectivity index is 1.64. The first kappa shape index (κ1) is 15.7. The monoisotopic (exact) mass is 283 g/mol. The van der Waals surface area contributed by atoms with Gasteiger partial charge in [-0.2, -0.15) is 0 Å². The number of carbonyl (C=O) groups is 1. The summed E-state index contributed by atoms with van der Waals surface area (Å²) in [4.78, 5) is 16.5. The Labute approximate surface area is 122 Å². The molecule has 0 atom stereocenters. The van der Waals surface area contributed by atoms with Crippen LogP contribution in [0.25, 0.3) is 0 Å². The highest BCUT2D eigenvalue weighted by molar-refractivity contribution is 5.77. The summed E-state index contributed by atoms with van der Waals surface area (Å²) in [7, 11) is 0. The maximum absolute atomic E-state index is 12.1. The van der Waals surface area contributed by atoms with Gasteiger partial charge in [-0.05, 0) is 31.8 Å². The Morgan fingerprint density at radius 2 is 1.85 bits per heavy atom. The van der Waals surface area contributed by atoms with Crippen molar-refractivity contribution in [2.45, 2.75) is 32.8 Å². The van der Waals surface area contributed by atoms with Crippen molar-refractivity contribution in [3.8, 4) is 0 Å². The third-order valence-corrected chi connectivity index (χ3v) is 4.08. The van der Waals surface area contributed by atoms with Crippen LogP contribution in [-0.4, -0.2) is 74.2 Å². The van der Waals surface area contributed by atoms with Crippen LogP contribution in [0.3, 0.4) is 0 Å². The van der Waals surface area contributed by atoms with Crippen LogP contribution < -0.4 is 5.32 Å². The molecule has 5 nitrogen and oxygen atoms in total. The molecular formula is C15H29N3O2. The lowest BCUT2D eigenvalue weighted by molar-refractivity contribution is -0.140. The minimum atomic E-state index is 0.160. The minimum Gasteiger partial charge on any atom is -0.368 e. The number of rotatable bonds is 5. The third kappa shape index (κ3) is 5.04. The molecule has 2 rings (SSSR count). The molecule has 0 aromatic heterocycles. The van der Waals surface area contributed by atoms with Gasteiger partial charge in [0.25, 0.3) is 0 Å². The Kier molecular flexibility index (Phi) is 6.26.